The summed E-state index contributed by atoms with van der Waals surface area (Å²) in [6.45, 7) is 1.67. The highest BCUT2D eigenvalue weighted by molar-refractivity contribution is 9.10. The van der Waals surface area contributed by atoms with Gasteiger partial charge >= 0.3 is 0 Å². The SMILES string of the molecule is OC(CNCc1cc(F)ccc1Br)COCc1cccs1. The van der Waals surface area contributed by atoms with Gasteiger partial charge in [-0.2, -0.15) is 0 Å². The summed E-state index contributed by atoms with van der Waals surface area (Å²) >= 11 is 5.00. The minimum Gasteiger partial charge on any atom is -0.389 e. The maximum atomic E-state index is 13.1. The van der Waals surface area contributed by atoms with Gasteiger partial charge in [0.15, 0.2) is 0 Å². The van der Waals surface area contributed by atoms with E-state index in [1.165, 1.54) is 12.1 Å². The molecule has 1 aromatic carbocycles. The van der Waals surface area contributed by atoms with Crippen LogP contribution in [0.4, 0.5) is 4.39 Å². The maximum Gasteiger partial charge on any atom is 0.123 e. The van der Waals surface area contributed by atoms with Gasteiger partial charge in [0.1, 0.15) is 5.82 Å². The van der Waals surface area contributed by atoms with Crippen LogP contribution in [0.3, 0.4) is 0 Å². The fraction of sp³-hybridized carbons (Fsp3) is 0.333. The molecular formula is C15H17BrFNO2S. The zero-order valence-corrected chi connectivity index (χ0v) is 13.8. The third kappa shape index (κ3) is 5.84. The summed E-state index contributed by atoms with van der Waals surface area (Å²) in [6, 6.07) is 8.51. The first-order valence-corrected chi connectivity index (χ1v) is 8.25. The van der Waals surface area contributed by atoms with Gasteiger partial charge in [0.25, 0.3) is 0 Å². The lowest BCUT2D eigenvalue weighted by Gasteiger charge is -2.12. The monoisotopic (exact) mass is 373 g/mol. The molecule has 0 bridgehead atoms. The molecule has 6 heteroatoms. The second-order valence-corrected chi connectivity index (χ2v) is 6.50. The lowest BCUT2D eigenvalue weighted by atomic mass is 10.2. The first-order chi connectivity index (χ1) is 10.1. The van der Waals surface area contributed by atoms with E-state index in [9.17, 15) is 9.50 Å². The zero-order chi connectivity index (χ0) is 15.1. The molecule has 0 aliphatic heterocycles. The first-order valence-electron chi connectivity index (χ1n) is 6.58. The molecule has 21 heavy (non-hydrogen) atoms. The van der Waals surface area contributed by atoms with Crippen LogP contribution in [0.25, 0.3) is 0 Å². The number of benzene rings is 1. The van der Waals surface area contributed by atoms with Crippen LogP contribution >= 0.6 is 27.3 Å². The van der Waals surface area contributed by atoms with Gasteiger partial charge in [0.2, 0.25) is 0 Å². The highest BCUT2D eigenvalue weighted by Crippen LogP contribution is 2.17. The molecule has 1 unspecified atom stereocenters. The maximum absolute atomic E-state index is 13.1. The molecule has 0 aliphatic rings. The van der Waals surface area contributed by atoms with Crippen molar-refractivity contribution >= 4 is 27.3 Å². The van der Waals surface area contributed by atoms with E-state index in [0.29, 0.717) is 19.7 Å². The van der Waals surface area contributed by atoms with Gasteiger partial charge in [0, 0.05) is 22.4 Å². The highest BCUT2D eigenvalue weighted by Gasteiger charge is 2.06. The molecule has 0 amide bonds. The van der Waals surface area contributed by atoms with E-state index in [1.54, 1.807) is 17.4 Å². The van der Waals surface area contributed by atoms with Crippen LogP contribution in [0.15, 0.2) is 40.2 Å². The summed E-state index contributed by atoms with van der Waals surface area (Å²) in [5.74, 6) is -0.269. The molecule has 3 nitrogen and oxygen atoms in total. The highest BCUT2D eigenvalue weighted by atomic mass is 79.9. The van der Waals surface area contributed by atoms with Gasteiger partial charge in [-0.05, 0) is 35.2 Å². The number of aliphatic hydroxyl groups excluding tert-OH is 1. The van der Waals surface area contributed by atoms with Crippen molar-refractivity contribution in [3.05, 3.63) is 56.4 Å². The normalized spacial score (nSPS) is 12.5. The summed E-state index contributed by atoms with van der Waals surface area (Å²) in [5, 5.41) is 14.9. The lowest BCUT2D eigenvalue weighted by molar-refractivity contribution is 0.0297. The molecule has 0 radical (unpaired) electrons. The molecule has 0 fully saturated rings. The third-order valence-electron chi connectivity index (χ3n) is 2.84. The fourth-order valence-corrected chi connectivity index (χ4v) is 2.83. The van der Waals surface area contributed by atoms with Crippen molar-refractivity contribution in [2.75, 3.05) is 13.2 Å². The molecular weight excluding hydrogens is 357 g/mol. The predicted molar refractivity (Wildman–Crippen MR) is 85.8 cm³/mol. The zero-order valence-electron chi connectivity index (χ0n) is 11.4. The molecule has 2 aromatic rings. The number of rotatable bonds is 8. The molecule has 0 saturated heterocycles. The van der Waals surface area contributed by atoms with Crippen molar-refractivity contribution in [3.8, 4) is 0 Å². The summed E-state index contributed by atoms with van der Waals surface area (Å²) in [6.07, 6.45) is -0.586. The van der Waals surface area contributed by atoms with Crippen LogP contribution in [0.5, 0.6) is 0 Å². The Bertz CT molecular complexity index is 551. The van der Waals surface area contributed by atoms with Gasteiger partial charge in [-0.3, -0.25) is 0 Å². The van der Waals surface area contributed by atoms with Crippen LogP contribution in [0.1, 0.15) is 10.4 Å². The second-order valence-electron chi connectivity index (χ2n) is 4.61. The largest absolute Gasteiger partial charge is 0.389 e. The molecule has 1 atom stereocenters. The number of hydrogen-bond acceptors (Lipinski definition) is 4. The summed E-state index contributed by atoms with van der Waals surface area (Å²) < 4.78 is 19.4. The number of nitrogens with one attached hydrogen (secondary N) is 1. The molecule has 2 N–H and O–H groups in total. The smallest absolute Gasteiger partial charge is 0.123 e. The van der Waals surface area contributed by atoms with E-state index in [-0.39, 0.29) is 12.4 Å². The van der Waals surface area contributed by atoms with Crippen molar-refractivity contribution in [1.82, 2.24) is 5.32 Å². The van der Waals surface area contributed by atoms with Crippen molar-refractivity contribution in [2.24, 2.45) is 0 Å². The molecule has 0 aliphatic carbocycles. The van der Waals surface area contributed by atoms with Crippen molar-refractivity contribution in [2.45, 2.75) is 19.3 Å². The predicted octanol–water partition coefficient (Wildman–Crippen LogP) is 3.32. The van der Waals surface area contributed by atoms with E-state index < -0.39 is 6.10 Å². The average molecular weight is 374 g/mol. The van der Waals surface area contributed by atoms with Crippen molar-refractivity contribution < 1.29 is 14.2 Å². The van der Waals surface area contributed by atoms with Gasteiger partial charge < -0.3 is 15.2 Å². The fourth-order valence-electron chi connectivity index (χ4n) is 1.80. The summed E-state index contributed by atoms with van der Waals surface area (Å²) in [7, 11) is 0. The molecule has 1 aromatic heterocycles. The minimum atomic E-state index is -0.586. The van der Waals surface area contributed by atoms with Crippen molar-refractivity contribution in [1.29, 1.82) is 0 Å². The Balaban J connectivity index is 1.64. The Morgan fingerprint density at radius 1 is 1.38 bits per heavy atom. The Hall–Kier alpha value is -0.790. The van der Waals surface area contributed by atoms with Crippen LogP contribution in [0, 0.1) is 5.82 Å². The topological polar surface area (TPSA) is 41.5 Å². The lowest BCUT2D eigenvalue weighted by Crippen LogP contribution is -2.30. The Kier molecular flexibility index (Phi) is 6.79. The quantitative estimate of drug-likeness (QED) is 0.745. The molecule has 2 rings (SSSR count). The van der Waals surface area contributed by atoms with Crippen LogP contribution in [-0.4, -0.2) is 24.4 Å². The van der Waals surface area contributed by atoms with E-state index in [1.807, 2.05) is 17.5 Å². The van der Waals surface area contributed by atoms with Crippen LogP contribution in [-0.2, 0) is 17.9 Å². The van der Waals surface area contributed by atoms with E-state index >= 15 is 0 Å². The number of thiophene rings is 1. The van der Waals surface area contributed by atoms with Crippen LogP contribution in [0.2, 0.25) is 0 Å². The number of hydrogen-bond donors (Lipinski definition) is 2. The third-order valence-corrected chi connectivity index (χ3v) is 4.46. The Morgan fingerprint density at radius 2 is 2.24 bits per heavy atom. The van der Waals surface area contributed by atoms with E-state index in [0.717, 1.165) is 14.9 Å². The standard InChI is InChI=1S/C15H17BrFNO2S/c16-15-4-3-12(17)6-11(15)7-18-8-13(19)9-20-10-14-2-1-5-21-14/h1-6,13,18-19H,7-10H2. The number of aliphatic hydroxyl groups is 1. The van der Waals surface area contributed by atoms with Crippen LogP contribution < -0.4 is 5.32 Å². The summed E-state index contributed by atoms with van der Waals surface area (Å²) in [5.41, 5.74) is 0.821. The summed E-state index contributed by atoms with van der Waals surface area (Å²) in [4.78, 5) is 1.14. The first kappa shape index (κ1) is 16.6. The Labute approximate surface area is 135 Å². The second kappa shape index (κ2) is 8.60. The average Bonchev–Trinajstić information content (AvgIpc) is 2.96. The van der Waals surface area contributed by atoms with E-state index in [2.05, 4.69) is 21.2 Å². The number of halogens is 2. The number of ether oxygens (including phenoxy) is 1. The molecule has 114 valence electrons. The van der Waals surface area contributed by atoms with Crippen molar-refractivity contribution in [3.63, 3.8) is 0 Å². The molecule has 0 saturated carbocycles. The van der Waals surface area contributed by atoms with E-state index in [4.69, 9.17) is 4.74 Å². The van der Waals surface area contributed by atoms with Gasteiger partial charge in [-0.25, -0.2) is 4.39 Å². The van der Waals surface area contributed by atoms with Gasteiger partial charge in [0.05, 0.1) is 19.3 Å². The minimum absolute atomic E-state index is 0.269. The van der Waals surface area contributed by atoms with Gasteiger partial charge in [-0.15, -0.1) is 11.3 Å². The van der Waals surface area contributed by atoms with Gasteiger partial charge in [-0.1, -0.05) is 22.0 Å². The Morgan fingerprint density at radius 3 is 3.00 bits per heavy atom. The molecule has 1 heterocycles. The molecule has 0 spiro atoms.